The van der Waals surface area contributed by atoms with Crippen molar-refractivity contribution in [1.29, 1.82) is 0 Å². The molecule has 0 aliphatic carbocycles. The smallest absolute Gasteiger partial charge is 0.126 e. The van der Waals surface area contributed by atoms with Crippen LogP contribution in [0.25, 0.3) is 0 Å². The highest BCUT2D eigenvalue weighted by Crippen LogP contribution is 2.32. The number of para-hydroxylation sites is 1. The molecule has 0 saturated carbocycles. The highest BCUT2D eigenvalue weighted by atomic mass is 19.1. The summed E-state index contributed by atoms with van der Waals surface area (Å²) in [6.07, 6.45) is 0.0854. The van der Waals surface area contributed by atoms with Crippen LogP contribution in [0.15, 0.2) is 42.5 Å². The number of aliphatic hydroxyl groups is 1. The van der Waals surface area contributed by atoms with Crippen LogP contribution >= 0.6 is 0 Å². The zero-order valence-corrected chi connectivity index (χ0v) is 11.4. The Balaban J connectivity index is 2.35. The average molecular weight is 278 g/mol. The van der Waals surface area contributed by atoms with E-state index in [0.717, 1.165) is 6.07 Å². The Morgan fingerprint density at radius 3 is 2.30 bits per heavy atom. The summed E-state index contributed by atoms with van der Waals surface area (Å²) in [5.41, 5.74) is -0.321. The Morgan fingerprint density at radius 1 is 1.10 bits per heavy atom. The molecule has 0 amide bonds. The van der Waals surface area contributed by atoms with E-state index in [-0.39, 0.29) is 6.42 Å². The fraction of sp³-hybridized carbons (Fsp3) is 0.250. The van der Waals surface area contributed by atoms with E-state index in [4.69, 9.17) is 4.74 Å². The summed E-state index contributed by atoms with van der Waals surface area (Å²) in [5.74, 6) is -0.777. The Labute approximate surface area is 116 Å². The predicted octanol–water partition coefficient (Wildman–Crippen LogP) is 3.42. The molecule has 0 heterocycles. The molecule has 2 nitrogen and oxygen atoms in total. The molecule has 2 rings (SSSR count). The molecule has 4 heteroatoms. The third-order valence-electron chi connectivity index (χ3n) is 3.16. The van der Waals surface area contributed by atoms with Crippen LogP contribution in [0.2, 0.25) is 0 Å². The van der Waals surface area contributed by atoms with Crippen molar-refractivity contribution < 1.29 is 18.6 Å². The summed E-state index contributed by atoms with van der Waals surface area (Å²) < 4.78 is 31.6. The molecule has 0 aliphatic rings. The summed E-state index contributed by atoms with van der Waals surface area (Å²) in [7, 11) is 1.51. The van der Waals surface area contributed by atoms with Gasteiger partial charge >= 0.3 is 0 Å². The lowest BCUT2D eigenvalue weighted by Crippen LogP contribution is -2.25. The van der Waals surface area contributed by atoms with Crippen LogP contribution in [-0.4, -0.2) is 12.2 Å². The molecule has 2 aromatic rings. The zero-order chi connectivity index (χ0) is 14.8. The van der Waals surface area contributed by atoms with E-state index in [1.54, 1.807) is 31.2 Å². The second-order valence-electron chi connectivity index (χ2n) is 4.93. The third kappa shape index (κ3) is 3.14. The average Bonchev–Trinajstić information content (AvgIpc) is 2.36. The second kappa shape index (κ2) is 5.59. The van der Waals surface area contributed by atoms with Gasteiger partial charge in [0.05, 0.1) is 12.7 Å². The van der Waals surface area contributed by atoms with Crippen LogP contribution in [0, 0.1) is 11.6 Å². The molecule has 1 unspecified atom stereocenters. The first kappa shape index (κ1) is 14.5. The highest BCUT2D eigenvalue weighted by molar-refractivity contribution is 5.38. The summed E-state index contributed by atoms with van der Waals surface area (Å²) in [4.78, 5) is 0. The van der Waals surface area contributed by atoms with E-state index < -0.39 is 17.2 Å². The first-order valence-electron chi connectivity index (χ1n) is 6.23. The Bertz CT molecular complexity index is 589. The monoisotopic (exact) mass is 278 g/mol. The minimum Gasteiger partial charge on any atom is -0.496 e. The van der Waals surface area contributed by atoms with Crippen molar-refractivity contribution in [2.45, 2.75) is 18.9 Å². The SMILES string of the molecule is COc1ccccc1C(C)(O)Cc1cc(F)cc(F)c1. The summed E-state index contributed by atoms with van der Waals surface area (Å²) in [6, 6.07) is 10.3. The normalized spacial score (nSPS) is 13.8. The summed E-state index contributed by atoms with van der Waals surface area (Å²) in [6.45, 7) is 1.59. The molecular weight excluding hydrogens is 262 g/mol. The topological polar surface area (TPSA) is 29.5 Å². The van der Waals surface area contributed by atoms with Gasteiger partial charge < -0.3 is 9.84 Å². The van der Waals surface area contributed by atoms with E-state index >= 15 is 0 Å². The Morgan fingerprint density at radius 2 is 1.70 bits per heavy atom. The van der Waals surface area contributed by atoms with Gasteiger partial charge in [-0.3, -0.25) is 0 Å². The zero-order valence-electron chi connectivity index (χ0n) is 11.4. The fourth-order valence-corrected chi connectivity index (χ4v) is 2.30. The minimum atomic E-state index is -1.28. The first-order chi connectivity index (χ1) is 9.42. The number of rotatable bonds is 4. The van der Waals surface area contributed by atoms with Gasteiger partial charge in [0.1, 0.15) is 17.4 Å². The molecule has 0 saturated heterocycles. The van der Waals surface area contributed by atoms with Crippen LogP contribution in [0.3, 0.4) is 0 Å². The standard InChI is InChI=1S/C16H16F2O2/c1-16(19,14-5-3-4-6-15(14)20-2)10-11-7-12(17)9-13(18)8-11/h3-9,19H,10H2,1-2H3. The molecule has 106 valence electrons. The second-order valence-corrected chi connectivity index (χ2v) is 4.93. The molecule has 0 radical (unpaired) electrons. The first-order valence-corrected chi connectivity index (χ1v) is 6.23. The van der Waals surface area contributed by atoms with E-state index in [0.29, 0.717) is 16.9 Å². The maximum atomic E-state index is 13.2. The lowest BCUT2D eigenvalue weighted by atomic mass is 9.88. The summed E-state index contributed by atoms with van der Waals surface area (Å²) in [5, 5.41) is 10.6. The van der Waals surface area contributed by atoms with Crippen LogP contribution in [0.1, 0.15) is 18.1 Å². The van der Waals surface area contributed by atoms with Crippen molar-refractivity contribution >= 4 is 0 Å². The van der Waals surface area contributed by atoms with Crippen molar-refractivity contribution in [3.05, 3.63) is 65.2 Å². The Hall–Kier alpha value is -1.94. The van der Waals surface area contributed by atoms with Crippen molar-refractivity contribution in [2.24, 2.45) is 0 Å². The van der Waals surface area contributed by atoms with Gasteiger partial charge in [-0.1, -0.05) is 18.2 Å². The van der Waals surface area contributed by atoms with Gasteiger partial charge in [0.2, 0.25) is 0 Å². The fourth-order valence-electron chi connectivity index (χ4n) is 2.30. The molecule has 0 aromatic heterocycles. The number of methoxy groups -OCH3 is 1. The van der Waals surface area contributed by atoms with E-state index in [9.17, 15) is 13.9 Å². The molecule has 0 fully saturated rings. The van der Waals surface area contributed by atoms with Crippen LogP contribution in [0.5, 0.6) is 5.75 Å². The van der Waals surface area contributed by atoms with Gasteiger partial charge in [-0.05, 0) is 30.7 Å². The van der Waals surface area contributed by atoms with Crippen molar-refractivity contribution in [1.82, 2.24) is 0 Å². The highest BCUT2D eigenvalue weighted by Gasteiger charge is 2.27. The minimum absolute atomic E-state index is 0.0854. The van der Waals surface area contributed by atoms with Gasteiger partial charge in [0.25, 0.3) is 0 Å². The van der Waals surface area contributed by atoms with Gasteiger partial charge in [-0.15, -0.1) is 0 Å². The third-order valence-corrected chi connectivity index (χ3v) is 3.16. The number of benzene rings is 2. The van der Waals surface area contributed by atoms with Crippen LogP contribution in [0.4, 0.5) is 8.78 Å². The number of halogens is 2. The van der Waals surface area contributed by atoms with Gasteiger partial charge in [-0.2, -0.15) is 0 Å². The van der Waals surface area contributed by atoms with Crippen molar-refractivity contribution in [3.8, 4) is 5.75 Å². The molecular formula is C16H16F2O2. The maximum Gasteiger partial charge on any atom is 0.126 e. The van der Waals surface area contributed by atoms with Crippen molar-refractivity contribution in [3.63, 3.8) is 0 Å². The lowest BCUT2D eigenvalue weighted by molar-refractivity contribution is 0.0548. The molecule has 2 aromatic carbocycles. The van der Waals surface area contributed by atoms with Crippen molar-refractivity contribution in [2.75, 3.05) is 7.11 Å². The molecule has 0 spiro atoms. The molecule has 1 N–H and O–H groups in total. The van der Waals surface area contributed by atoms with E-state index in [2.05, 4.69) is 0 Å². The molecule has 0 bridgehead atoms. The molecule has 20 heavy (non-hydrogen) atoms. The summed E-state index contributed by atoms with van der Waals surface area (Å²) >= 11 is 0. The number of hydrogen-bond donors (Lipinski definition) is 1. The number of hydrogen-bond acceptors (Lipinski definition) is 2. The van der Waals surface area contributed by atoms with E-state index in [1.165, 1.54) is 19.2 Å². The maximum absolute atomic E-state index is 13.2. The van der Waals surface area contributed by atoms with Crippen LogP contribution < -0.4 is 4.74 Å². The van der Waals surface area contributed by atoms with Gasteiger partial charge in [0.15, 0.2) is 0 Å². The van der Waals surface area contributed by atoms with Crippen LogP contribution in [-0.2, 0) is 12.0 Å². The lowest BCUT2D eigenvalue weighted by Gasteiger charge is -2.26. The predicted molar refractivity (Wildman–Crippen MR) is 72.6 cm³/mol. The van der Waals surface area contributed by atoms with Gasteiger partial charge in [0, 0.05) is 18.1 Å². The molecule has 0 aliphatic heterocycles. The largest absolute Gasteiger partial charge is 0.496 e. The van der Waals surface area contributed by atoms with Gasteiger partial charge in [-0.25, -0.2) is 8.78 Å². The Kier molecular flexibility index (Phi) is 4.04. The van der Waals surface area contributed by atoms with E-state index in [1.807, 2.05) is 0 Å². The number of ether oxygens (including phenoxy) is 1. The molecule has 1 atom stereocenters. The quantitative estimate of drug-likeness (QED) is 0.928.